The molecule has 7 fully saturated rings. The summed E-state index contributed by atoms with van der Waals surface area (Å²) in [4.78, 5) is 0. The average molecular weight is 739 g/mol. The molecule has 0 amide bonds. The van der Waals surface area contributed by atoms with Crippen molar-refractivity contribution in [1.82, 2.24) is 0 Å². The molecule has 4 aliphatic carbocycles. The summed E-state index contributed by atoms with van der Waals surface area (Å²) in [5.74, 6) is 1.93. The molecule has 13 nitrogen and oxygen atoms in total. The predicted molar refractivity (Wildman–Crippen MR) is 183 cm³/mol. The van der Waals surface area contributed by atoms with Gasteiger partial charge >= 0.3 is 0 Å². The zero-order valence-electron chi connectivity index (χ0n) is 31.2. The molecule has 4 aliphatic heterocycles. The second kappa shape index (κ2) is 13.7. The number of rotatable bonds is 5. The van der Waals surface area contributed by atoms with E-state index in [2.05, 4.69) is 33.8 Å². The maximum Gasteiger partial charge on any atom is 0.187 e. The SMILES string of the molecule is CC1CCC2(OC1)OC1CC3C4CC=C5CC(O)CC(OC6OC(C)C(O)C(O)C6OC6OC(CO)C(O)C(O)C6O)C5(C)C4CCC3(C)C1C2C. The van der Waals surface area contributed by atoms with Crippen LogP contribution in [0.1, 0.15) is 86.0 Å². The standard InChI is InChI=1S/C39H62O13/c1-17-8-11-39(47-16-17)18(2)28-25(52-39)14-24-22-7-6-20-12-21(41)13-27(38(20,5)23(22)9-10-37(24,28)4)50-36-34(32(45)29(42)19(3)48-36)51-35-33(46)31(44)30(43)26(15-40)49-35/h6,17-19,21-36,40-46H,7-16H2,1-5H3. The highest BCUT2D eigenvalue weighted by Gasteiger charge is 2.69. The fraction of sp³-hybridized carbons (Fsp3) is 0.949. The van der Waals surface area contributed by atoms with Gasteiger partial charge in [0, 0.05) is 24.2 Å². The van der Waals surface area contributed by atoms with E-state index in [4.69, 9.17) is 28.4 Å². The van der Waals surface area contributed by atoms with Crippen molar-refractivity contribution in [1.29, 1.82) is 0 Å². The summed E-state index contributed by atoms with van der Waals surface area (Å²) in [5.41, 5.74) is 0.821. The molecule has 4 heterocycles. The second-order valence-electron chi connectivity index (χ2n) is 18.3. The minimum atomic E-state index is -1.72. The van der Waals surface area contributed by atoms with Gasteiger partial charge in [0.05, 0.1) is 37.6 Å². The van der Waals surface area contributed by atoms with Crippen LogP contribution in [0, 0.1) is 46.3 Å². The van der Waals surface area contributed by atoms with Crippen LogP contribution in [0.2, 0.25) is 0 Å². The largest absolute Gasteiger partial charge is 0.394 e. The molecular formula is C39H62O13. The van der Waals surface area contributed by atoms with Crippen LogP contribution in [-0.4, -0.2) is 134 Å². The molecule has 7 N–H and O–H groups in total. The lowest BCUT2D eigenvalue weighted by Crippen LogP contribution is -2.65. The van der Waals surface area contributed by atoms with Gasteiger partial charge in [0.2, 0.25) is 0 Å². The Morgan fingerprint density at radius 2 is 1.60 bits per heavy atom. The Labute approximate surface area is 306 Å². The normalized spacial score (nSPS) is 58.9. The molecule has 296 valence electrons. The molecular weight excluding hydrogens is 676 g/mol. The number of aliphatic hydroxyl groups is 7. The van der Waals surface area contributed by atoms with Crippen LogP contribution in [0.3, 0.4) is 0 Å². The van der Waals surface area contributed by atoms with Gasteiger partial charge in [-0.1, -0.05) is 39.3 Å². The van der Waals surface area contributed by atoms with Crippen molar-refractivity contribution in [3.05, 3.63) is 11.6 Å². The Hall–Kier alpha value is -0.780. The fourth-order valence-electron chi connectivity index (χ4n) is 12.6. The molecule has 22 unspecified atom stereocenters. The Kier molecular flexibility index (Phi) is 10.0. The van der Waals surface area contributed by atoms with E-state index in [0.29, 0.717) is 42.4 Å². The molecule has 52 heavy (non-hydrogen) atoms. The first-order chi connectivity index (χ1) is 24.6. The zero-order valence-corrected chi connectivity index (χ0v) is 31.2. The summed E-state index contributed by atoms with van der Waals surface area (Å²) in [5, 5.41) is 74.6. The second-order valence-corrected chi connectivity index (χ2v) is 18.3. The highest BCUT2D eigenvalue weighted by atomic mass is 16.8. The molecule has 0 aromatic rings. The first-order valence-electron chi connectivity index (χ1n) is 19.9. The molecule has 3 saturated carbocycles. The molecule has 0 radical (unpaired) electrons. The molecule has 13 heteroatoms. The van der Waals surface area contributed by atoms with E-state index in [-0.39, 0.29) is 17.4 Å². The number of fused-ring (bicyclic) bond motifs is 7. The quantitative estimate of drug-likeness (QED) is 0.200. The lowest BCUT2D eigenvalue weighted by Gasteiger charge is -2.60. The predicted octanol–water partition coefficient (Wildman–Crippen LogP) is 1.36. The van der Waals surface area contributed by atoms with Gasteiger partial charge in [-0.05, 0) is 80.5 Å². The van der Waals surface area contributed by atoms with Crippen LogP contribution < -0.4 is 0 Å². The first-order valence-corrected chi connectivity index (χ1v) is 19.9. The van der Waals surface area contributed by atoms with E-state index in [1.165, 1.54) is 5.57 Å². The first kappa shape index (κ1) is 38.1. The van der Waals surface area contributed by atoms with E-state index in [0.717, 1.165) is 45.1 Å². The van der Waals surface area contributed by atoms with Crippen molar-refractivity contribution in [2.45, 2.75) is 171 Å². The molecule has 22 atom stereocenters. The molecule has 0 aromatic heterocycles. The van der Waals surface area contributed by atoms with Crippen LogP contribution >= 0.6 is 0 Å². The summed E-state index contributed by atoms with van der Waals surface area (Å²) in [7, 11) is 0. The van der Waals surface area contributed by atoms with Gasteiger partial charge in [0.25, 0.3) is 0 Å². The number of ether oxygens (including phenoxy) is 6. The van der Waals surface area contributed by atoms with Gasteiger partial charge in [0.15, 0.2) is 18.4 Å². The lowest BCUT2D eigenvalue weighted by atomic mass is 9.46. The van der Waals surface area contributed by atoms with Crippen LogP contribution in [0.25, 0.3) is 0 Å². The minimum Gasteiger partial charge on any atom is -0.394 e. The Bertz CT molecular complexity index is 1340. The van der Waals surface area contributed by atoms with Crippen molar-refractivity contribution in [3.8, 4) is 0 Å². The summed E-state index contributed by atoms with van der Waals surface area (Å²) in [6.07, 6.45) is -5.83. The summed E-state index contributed by atoms with van der Waals surface area (Å²) in [6.45, 7) is 11.1. The maximum absolute atomic E-state index is 11.3. The van der Waals surface area contributed by atoms with Crippen molar-refractivity contribution in [3.63, 3.8) is 0 Å². The summed E-state index contributed by atoms with van der Waals surface area (Å²) < 4.78 is 38.2. The van der Waals surface area contributed by atoms with Gasteiger partial charge in [-0.3, -0.25) is 0 Å². The van der Waals surface area contributed by atoms with Crippen LogP contribution in [0.5, 0.6) is 0 Å². The van der Waals surface area contributed by atoms with Crippen molar-refractivity contribution in [2.75, 3.05) is 13.2 Å². The third kappa shape index (κ3) is 5.74. The monoisotopic (exact) mass is 738 g/mol. The van der Waals surface area contributed by atoms with Gasteiger partial charge in [-0.15, -0.1) is 0 Å². The van der Waals surface area contributed by atoms with Gasteiger partial charge < -0.3 is 64.2 Å². The number of aliphatic hydroxyl groups excluding tert-OH is 7. The van der Waals surface area contributed by atoms with Crippen LogP contribution in [0.15, 0.2) is 11.6 Å². The highest BCUT2D eigenvalue weighted by Crippen LogP contribution is 2.71. The van der Waals surface area contributed by atoms with E-state index in [9.17, 15) is 35.7 Å². The number of hydrogen-bond donors (Lipinski definition) is 7. The Morgan fingerprint density at radius 1 is 0.827 bits per heavy atom. The van der Waals surface area contributed by atoms with E-state index < -0.39 is 91.4 Å². The molecule has 8 rings (SSSR count). The third-order valence-corrected chi connectivity index (χ3v) is 15.6. The molecule has 0 aromatic carbocycles. The molecule has 0 bridgehead atoms. The summed E-state index contributed by atoms with van der Waals surface area (Å²) >= 11 is 0. The summed E-state index contributed by atoms with van der Waals surface area (Å²) in [6, 6.07) is 0. The minimum absolute atomic E-state index is 0.111. The Morgan fingerprint density at radius 3 is 2.31 bits per heavy atom. The number of allylic oxidation sites excluding steroid dienone is 1. The smallest absolute Gasteiger partial charge is 0.187 e. The molecule has 8 aliphatic rings. The maximum atomic E-state index is 11.3. The fourth-order valence-corrected chi connectivity index (χ4v) is 12.6. The van der Waals surface area contributed by atoms with Gasteiger partial charge in [-0.25, -0.2) is 0 Å². The highest BCUT2D eigenvalue weighted by molar-refractivity contribution is 5.29. The average Bonchev–Trinajstić information content (AvgIpc) is 3.56. The Balaban J connectivity index is 1.05. The lowest BCUT2D eigenvalue weighted by molar-refractivity contribution is -0.374. The van der Waals surface area contributed by atoms with Crippen molar-refractivity contribution >= 4 is 0 Å². The topological polar surface area (TPSA) is 197 Å². The van der Waals surface area contributed by atoms with Crippen LogP contribution in [-0.2, 0) is 28.4 Å². The van der Waals surface area contributed by atoms with E-state index in [1.54, 1.807) is 6.92 Å². The van der Waals surface area contributed by atoms with Gasteiger partial charge in [-0.2, -0.15) is 0 Å². The van der Waals surface area contributed by atoms with Crippen LogP contribution in [0.4, 0.5) is 0 Å². The van der Waals surface area contributed by atoms with E-state index in [1.807, 2.05) is 0 Å². The molecule has 1 spiro atoms. The molecule has 4 saturated heterocycles. The van der Waals surface area contributed by atoms with Crippen molar-refractivity contribution < 1.29 is 64.2 Å². The number of hydrogen-bond acceptors (Lipinski definition) is 13. The third-order valence-electron chi connectivity index (χ3n) is 15.6. The van der Waals surface area contributed by atoms with Gasteiger partial charge in [0.1, 0.15) is 42.7 Å². The van der Waals surface area contributed by atoms with Crippen molar-refractivity contribution in [2.24, 2.45) is 46.3 Å². The zero-order chi connectivity index (χ0) is 37.1. The van der Waals surface area contributed by atoms with E-state index >= 15 is 0 Å².